The Bertz CT molecular complexity index is 619. The third kappa shape index (κ3) is 3.72. The van der Waals surface area contributed by atoms with Crippen molar-refractivity contribution in [2.45, 2.75) is 18.9 Å². The van der Waals surface area contributed by atoms with E-state index in [2.05, 4.69) is 29.4 Å². The molecule has 0 amide bonds. The molecule has 0 spiro atoms. The Labute approximate surface area is 143 Å². The summed E-state index contributed by atoms with van der Waals surface area (Å²) in [5, 5.41) is 16.0. The van der Waals surface area contributed by atoms with Crippen LogP contribution in [-0.4, -0.2) is 30.8 Å². The highest BCUT2D eigenvalue weighted by Crippen LogP contribution is 2.27. The third-order valence-electron chi connectivity index (χ3n) is 5.19. The first kappa shape index (κ1) is 16.0. The smallest absolute Gasteiger partial charge is 0.170 e. The molecule has 4 nitrogen and oxygen atoms in total. The number of benzene rings is 1. The maximum atomic E-state index is 8.81. The Hall–Kier alpha value is -1.90. The minimum absolute atomic E-state index is 0.644. The number of quaternary nitrogens is 1. The van der Waals surface area contributed by atoms with Crippen LogP contribution in [0.1, 0.15) is 18.4 Å². The van der Waals surface area contributed by atoms with Gasteiger partial charge in [0.15, 0.2) is 5.11 Å². The van der Waals surface area contributed by atoms with Crippen molar-refractivity contribution in [3.63, 3.8) is 0 Å². The summed E-state index contributed by atoms with van der Waals surface area (Å²) in [5.74, 6) is 1.50. The van der Waals surface area contributed by atoms with Crippen molar-refractivity contribution < 1.29 is 4.90 Å². The van der Waals surface area contributed by atoms with Gasteiger partial charge in [-0.3, -0.25) is 0 Å². The Morgan fingerprint density at radius 2 is 2.22 bits per heavy atom. The summed E-state index contributed by atoms with van der Waals surface area (Å²) >= 11 is 5.39. The van der Waals surface area contributed by atoms with Crippen LogP contribution in [0.3, 0.4) is 0 Å². The zero-order valence-electron chi connectivity index (χ0n) is 13.2. The predicted molar refractivity (Wildman–Crippen MR) is 96.3 cm³/mol. The third-order valence-corrected chi connectivity index (χ3v) is 5.43. The second-order valence-corrected chi connectivity index (χ2v) is 6.93. The standard InChI is InChI=1S/C18H22N4S/c1-2-14-12-22-8-7-15(14)9-17(22)11-20-18(23)21-16-5-3-13(10-19)4-6-16/h2-6,14-15,17H,1,7-9,11-12H2,(H2,20,21,23)/p+1/t14-,15-,17+/m0/s1. The Balaban J connectivity index is 1.48. The van der Waals surface area contributed by atoms with Crippen LogP contribution in [0.5, 0.6) is 0 Å². The molecule has 3 saturated heterocycles. The van der Waals surface area contributed by atoms with Crippen LogP contribution in [-0.2, 0) is 0 Å². The molecular weight excluding hydrogens is 304 g/mol. The summed E-state index contributed by atoms with van der Waals surface area (Å²) in [6.07, 6.45) is 4.74. The second kappa shape index (κ2) is 7.12. The average Bonchev–Trinajstić information content (AvgIpc) is 2.61. The fraction of sp³-hybridized carbons (Fsp3) is 0.444. The normalized spacial score (nSPS) is 28.7. The number of nitrogens with zero attached hydrogens (tertiary/aromatic N) is 1. The van der Waals surface area contributed by atoms with Gasteiger partial charge in [-0.25, -0.2) is 0 Å². The number of nitrogens with one attached hydrogen (secondary N) is 3. The molecule has 0 aromatic heterocycles. The zero-order chi connectivity index (χ0) is 16.2. The van der Waals surface area contributed by atoms with Crippen molar-refractivity contribution in [1.29, 1.82) is 5.26 Å². The van der Waals surface area contributed by atoms with Gasteiger partial charge in [-0.15, -0.1) is 6.58 Å². The largest absolute Gasteiger partial charge is 0.356 e. The number of rotatable bonds is 4. The fourth-order valence-electron chi connectivity index (χ4n) is 3.87. The molecule has 4 rings (SSSR count). The quantitative estimate of drug-likeness (QED) is 0.577. The SMILES string of the molecule is C=C[C@H]1C[NH+]2CC[C@H]1C[C@@H]2CNC(=S)Nc1ccc(C#N)cc1. The first-order valence-corrected chi connectivity index (χ1v) is 8.62. The highest BCUT2D eigenvalue weighted by molar-refractivity contribution is 7.80. The molecule has 1 unspecified atom stereocenters. The number of piperidine rings is 3. The van der Waals surface area contributed by atoms with E-state index < -0.39 is 0 Å². The molecule has 1 aromatic rings. The van der Waals surface area contributed by atoms with Crippen molar-refractivity contribution in [2.75, 3.05) is 25.0 Å². The minimum Gasteiger partial charge on any atom is -0.356 e. The zero-order valence-corrected chi connectivity index (χ0v) is 14.0. The minimum atomic E-state index is 0.644. The van der Waals surface area contributed by atoms with Crippen molar-refractivity contribution >= 4 is 23.0 Å². The Morgan fingerprint density at radius 3 is 2.83 bits per heavy atom. The van der Waals surface area contributed by atoms with Crippen LogP contribution in [0.25, 0.3) is 0 Å². The van der Waals surface area contributed by atoms with E-state index in [-0.39, 0.29) is 0 Å². The molecular formula is C18H23N4S+. The lowest BCUT2D eigenvalue weighted by Crippen LogP contribution is -3.20. The maximum Gasteiger partial charge on any atom is 0.170 e. The van der Waals surface area contributed by atoms with E-state index in [1.807, 2.05) is 12.1 Å². The van der Waals surface area contributed by atoms with Gasteiger partial charge in [0.1, 0.15) is 6.04 Å². The van der Waals surface area contributed by atoms with Crippen LogP contribution in [0.2, 0.25) is 0 Å². The van der Waals surface area contributed by atoms with E-state index >= 15 is 0 Å². The maximum absolute atomic E-state index is 8.81. The van der Waals surface area contributed by atoms with E-state index in [9.17, 15) is 0 Å². The van der Waals surface area contributed by atoms with Crippen LogP contribution in [0.4, 0.5) is 5.69 Å². The van der Waals surface area contributed by atoms with Crippen LogP contribution >= 0.6 is 12.2 Å². The number of nitriles is 1. The summed E-state index contributed by atoms with van der Waals surface area (Å²) in [5.41, 5.74) is 1.56. The summed E-state index contributed by atoms with van der Waals surface area (Å²) in [7, 11) is 0. The van der Waals surface area contributed by atoms with Gasteiger partial charge in [0.25, 0.3) is 0 Å². The topological polar surface area (TPSA) is 52.3 Å². The molecule has 3 aliphatic rings. The number of hydrogen-bond donors (Lipinski definition) is 3. The van der Waals surface area contributed by atoms with Crippen LogP contribution < -0.4 is 15.5 Å². The van der Waals surface area contributed by atoms with Crippen molar-refractivity contribution in [3.8, 4) is 6.07 Å². The van der Waals surface area contributed by atoms with E-state index in [0.29, 0.717) is 22.6 Å². The van der Waals surface area contributed by atoms with Crippen molar-refractivity contribution in [1.82, 2.24) is 5.32 Å². The second-order valence-electron chi connectivity index (χ2n) is 6.52. The van der Waals surface area contributed by atoms with Gasteiger partial charge in [-0.2, -0.15) is 5.26 Å². The van der Waals surface area contributed by atoms with Crippen LogP contribution in [0.15, 0.2) is 36.9 Å². The molecule has 0 radical (unpaired) electrons. The lowest BCUT2D eigenvalue weighted by Gasteiger charge is -2.46. The van der Waals surface area contributed by atoms with E-state index in [4.69, 9.17) is 17.5 Å². The molecule has 3 N–H and O–H groups in total. The summed E-state index contributed by atoms with van der Waals surface area (Å²) in [6.45, 7) is 7.39. The summed E-state index contributed by atoms with van der Waals surface area (Å²) < 4.78 is 0. The lowest BCUT2D eigenvalue weighted by atomic mass is 9.76. The van der Waals surface area contributed by atoms with Gasteiger partial charge < -0.3 is 15.5 Å². The molecule has 120 valence electrons. The predicted octanol–water partition coefficient (Wildman–Crippen LogP) is 1.32. The van der Waals surface area contributed by atoms with E-state index in [1.165, 1.54) is 25.9 Å². The van der Waals surface area contributed by atoms with Gasteiger partial charge >= 0.3 is 0 Å². The lowest BCUT2D eigenvalue weighted by molar-refractivity contribution is -0.944. The summed E-state index contributed by atoms with van der Waals surface area (Å²) in [6, 6.07) is 10.1. The van der Waals surface area contributed by atoms with Gasteiger partial charge in [-0.05, 0) is 42.4 Å². The van der Waals surface area contributed by atoms with Crippen LogP contribution in [0, 0.1) is 23.2 Å². The average molecular weight is 327 g/mol. The van der Waals surface area contributed by atoms with Crippen molar-refractivity contribution in [2.24, 2.45) is 11.8 Å². The highest BCUT2D eigenvalue weighted by Gasteiger charge is 2.41. The van der Waals surface area contributed by atoms with Gasteiger partial charge in [0.2, 0.25) is 0 Å². The number of hydrogen-bond acceptors (Lipinski definition) is 2. The fourth-order valence-corrected chi connectivity index (χ4v) is 4.08. The molecule has 0 saturated carbocycles. The first-order valence-electron chi connectivity index (χ1n) is 8.21. The highest BCUT2D eigenvalue weighted by atomic mass is 32.1. The Kier molecular flexibility index (Phi) is 4.94. The van der Waals surface area contributed by atoms with Gasteiger partial charge in [0, 0.05) is 24.4 Å². The van der Waals surface area contributed by atoms with Crippen molar-refractivity contribution in [3.05, 3.63) is 42.5 Å². The van der Waals surface area contributed by atoms with E-state index in [1.54, 1.807) is 17.0 Å². The molecule has 1 aromatic carbocycles. The number of fused-ring (bicyclic) bond motifs is 3. The van der Waals surface area contributed by atoms with E-state index in [0.717, 1.165) is 18.2 Å². The molecule has 3 aliphatic heterocycles. The van der Waals surface area contributed by atoms with Gasteiger partial charge in [-0.1, -0.05) is 6.08 Å². The molecule has 5 heteroatoms. The summed E-state index contributed by atoms with van der Waals surface area (Å²) in [4.78, 5) is 1.69. The molecule has 23 heavy (non-hydrogen) atoms. The first-order chi connectivity index (χ1) is 11.2. The number of thiocarbonyl (C=S) groups is 1. The molecule has 0 aliphatic carbocycles. The molecule has 4 atom stereocenters. The molecule has 3 fully saturated rings. The monoisotopic (exact) mass is 327 g/mol. The number of anilines is 1. The Morgan fingerprint density at radius 1 is 1.43 bits per heavy atom. The molecule has 2 bridgehead atoms. The molecule has 3 heterocycles. The van der Waals surface area contributed by atoms with Gasteiger partial charge in [0.05, 0.1) is 31.3 Å².